The Balaban J connectivity index is 2.05. The number of hydrogen-bond donors (Lipinski definition) is 0. The summed E-state index contributed by atoms with van der Waals surface area (Å²) < 4.78 is 10.6. The molecule has 142 valence electrons. The van der Waals surface area contributed by atoms with Gasteiger partial charge in [-0.25, -0.2) is 0 Å². The molecule has 1 aliphatic carbocycles. The molecule has 0 amide bonds. The highest BCUT2D eigenvalue weighted by Gasteiger charge is 2.32. The molecule has 6 nitrogen and oxygen atoms in total. The summed E-state index contributed by atoms with van der Waals surface area (Å²) in [4.78, 5) is 35.9. The number of fused-ring (bicyclic) bond motifs is 1. The van der Waals surface area contributed by atoms with Gasteiger partial charge in [-0.2, -0.15) is 0 Å². The second kappa shape index (κ2) is 7.92. The molecule has 0 aromatic heterocycles. The number of hydrogen-bond acceptors (Lipinski definition) is 6. The van der Waals surface area contributed by atoms with Crippen LogP contribution in [0.15, 0.2) is 54.6 Å². The molecule has 0 aliphatic heterocycles. The van der Waals surface area contributed by atoms with Crippen LogP contribution in [0.25, 0.3) is 6.08 Å². The number of carboxylic acid groups (broad SMARTS) is 1. The van der Waals surface area contributed by atoms with E-state index in [2.05, 4.69) is 6.58 Å². The average molecular weight is 377 g/mol. The van der Waals surface area contributed by atoms with Crippen molar-refractivity contribution in [1.82, 2.24) is 0 Å². The molecule has 0 spiro atoms. The Labute approximate surface area is 161 Å². The summed E-state index contributed by atoms with van der Waals surface area (Å²) in [5, 5.41) is 10.7. The van der Waals surface area contributed by atoms with Crippen molar-refractivity contribution in [3.8, 4) is 11.5 Å². The van der Waals surface area contributed by atoms with Crippen molar-refractivity contribution in [3.63, 3.8) is 0 Å². The molecule has 0 saturated carbocycles. The van der Waals surface area contributed by atoms with Crippen molar-refractivity contribution in [3.05, 3.63) is 76.9 Å². The molecule has 0 bridgehead atoms. The zero-order chi connectivity index (χ0) is 20.3. The number of carboxylic acids is 1. The lowest BCUT2D eigenvalue weighted by Crippen LogP contribution is -2.29. The van der Waals surface area contributed by atoms with Gasteiger partial charge < -0.3 is 19.4 Å². The number of rotatable bonds is 7. The van der Waals surface area contributed by atoms with Crippen molar-refractivity contribution < 1.29 is 29.0 Å². The summed E-state index contributed by atoms with van der Waals surface area (Å²) in [5.41, 5.74) is 1.99. The molecule has 0 atom stereocenters. The zero-order valence-electron chi connectivity index (χ0n) is 15.2. The van der Waals surface area contributed by atoms with E-state index >= 15 is 0 Å². The fourth-order valence-electron chi connectivity index (χ4n) is 3.09. The minimum atomic E-state index is -1.36. The summed E-state index contributed by atoms with van der Waals surface area (Å²) in [6.07, 6.45) is 3.50. The Bertz CT molecular complexity index is 979. The summed E-state index contributed by atoms with van der Waals surface area (Å²) in [6.45, 7) is 3.05. The molecule has 0 fully saturated rings. The van der Waals surface area contributed by atoms with Crippen molar-refractivity contribution in [1.29, 1.82) is 0 Å². The summed E-state index contributed by atoms with van der Waals surface area (Å²) in [7, 11) is 1.41. The monoisotopic (exact) mass is 377 g/mol. The van der Waals surface area contributed by atoms with E-state index in [1.807, 2.05) is 0 Å². The van der Waals surface area contributed by atoms with Gasteiger partial charge in [0.05, 0.1) is 18.7 Å². The maximum atomic E-state index is 12.6. The molecule has 3 rings (SSSR count). The SMILES string of the molecule is C=CCc1cc(C=C2C(=O)c3ccccc3C2=O)cc(OC)c1OCC(=O)[O-]. The average Bonchev–Trinajstić information content (AvgIpc) is 2.92. The highest BCUT2D eigenvalue weighted by atomic mass is 16.5. The Hall–Kier alpha value is -3.67. The van der Waals surface area contributed by atoms with Crippen molar-refractivity contribution >= 4 is 23.6 Å². The maximum Gasteiger partial charge on any atom is 0.197 e. The minimum absolute atomic E-state index is 0.0659. The number of ether oxygens (including phenoxy) is 2. The molecule has 0 unspecified atom stereocenters. The Morgan fingerprint density at radius 2 is 1.79 bits per heavy atom. The Kier molecular flexibility index (Phi) is 5.40. The van der Waals surface area contributed by atoms with Crippen LogP contribution in [0.1, 0.15) is 31.8 Å². The standard InChI is InChI=1S/C22H18O6/c1-3-6-14-9-13(11-18(27-2)22(14)28-12-19(23)24)10-17-20(25)15-7-4-5-8-16(15)21(17)26/h3-5,7-11H,1,6,12H2,2H3,(H,23,24)/p-1. The normalized spacial score (nSPS) is 12.5. The van der Waals surface area contributed by atoms with Crippen LogP contribution in [-0.4, -0.2) is 31.3 Å². The molecule has 2 aromatic carbocycles. The highest BCUT2D eigenvalue weighted by Crippen LogP contribution is 2.35. The van der Waals surface area contributed by atoms with Crippen molar-refractivity contribution in [2.24, 2.45) is 0 Å². The lowest BCUT2D eigenvalue weighted by molar-refractivity contribution is -0.307. The lowest BCUT2D eigenvalue weighted by Gasteiger charge is -2.16. The first-order valence-electron chi connectivity index (χ1n) is 8.50. The number of carbonyl (C=O) groups excluding carboxylic acids is 3. The topological polar surface area (TPSA) is 92.7 Å². The molecule has 6 heteroatoms. The number of allylic oxidation sites excluding steroid dienone is 2. The predicted molar refractivity (Wildman–Crippen MR) is 100 cm³/mol. The van der Waals surface area contributed by atoms with Gasteiger partial charge in [0.25, 0.3) is 0 Å². The molecule has 0 heterocycles. The molecule has 0 saturated heterocycles. The number of aliphatic carboxylic acids is 1. The van der Waals surface area contributed by atoms with Gasteiger partial charge >= 0.3 is 0 Å². The third-order valence-corrected chi connectivity index (χ3v) is 4.29. The van der Waals surface area contributed by atoms with Gasteiger partial charge in [-0.1, -0.05) is 30.3 Å². The molecular formula is C22H17O6-. The Morgan fingerprint density at radius 1 is 1.14 bits per heavy atom. The molecule has 1 aliphatic rings. The van der Waals surface area contributed by atoms with E-state index in [0.29, 0.717) is 28.7 Å². The number of carbonyl (C=O) groups is 3. The fourth-order valence-corrected chi connectivity index (χ4v) is 3.09. The second-order valence-electron chi connectivity index (χ2n) is 6.13. The molecule has 2 aromatic rings. The first-order chi connectivity index (χ1) is 13.5. The number of benzene rings is 2. The maximum absolute atomic E-state index is 12.6. The van der Waals surface area contributed by atoms with E-state index in [1.54, 1.807) is 42.5 Å². The van der Waals surface area contributed by atoms with Gasteiger partial charge in [-0.05, 0) is 30.2 Å². The fraction of sp³-hybridized carbons (Fsp3) is 0.136. The first kappa shape index (κ1) is 19.1. The van der Waals surface area contributed by atoms with E-state index in [1.165, 1.54) is 13.2 Å². The van der Waals surface area contributed by atoms with E-state index in [-0.39, 0.29) is 28.6 Å². The highest BCUT2D eigenvalue weighted by molar-refractivity contribution is 6.41. The summed E-state index contributed by atoms with van der Waals surface area (Å²) in [6, 6.07) is 9.94. The van der Waals surface area contributed by atoms with Crippen LogP contribution in [0.5, 0.6) is 11.5 Å². The summed E-state index contributed by atoms with van der Waals surface area (Å²) >= 11 is 0. The quantitative estimate of drug-likeness (QED) is 0.416. The van der Waals surface area contributed by atoms with E-state index in [4.69, 9.17) is 9.47 Å². The zero-order valence-corrected chi connectivity index (χ0v) is 15.2. The van der Waals surface area contributed by atoms with Crippen LogP contribution < -0.4 is 14.6 Å². The van der Waals surface area contributed by atoms with Crippen LogP contribution in [0.4, 0.5) is 0 Å². The minimum Gasteiger partial charge on any atom is -0.546 e. The van der Waals surface area contributed by atoms with Crippen LogP contribution in [0, 0.1) is 0 Å². The number of ketones is 2. The molecule has 0 N–H and O–H groups in total. The van der Waals surface area contributed by atoms with Crippen LogP contribution >= 0.6 is 0 Å². The smallest absolute Gasteiger partial charge is 0.197 e. The van der Waals surface area contributed by atoms with Crippen LogP contribution in [-0.2, 0) is 11.2 Å². The number of Topliss-reactive ketones (excluding diaryl/α,β-unsaturated/α-hetero) is 2. The van der Waals surface area contributed by atoms with Gasteiger partial charge in [0.2, 0.25) is 0 Å². The van der Waals surface area contributed by atoms with Crippen molar-refractivity contribution in [2.45, 2.75) is 6.42 Å². The molecular weight excluding hydrogens is 360 g/mol. The van der Waals surface area contributed by atoms with Gasteiger partial charge in [0.15, 0.2) is 23.1 Å². The largest absolute Gasteiger partial charge is 0.546 e. The van der Waals surface area contributed by atoms with Crippen molar-refractivity contribution in [2.75, 3.05) is 13.7 Å². The summed E-state index contributed by atoms with van der Waals surface area (Å²) in [5.74, 6) is -1.49. The van der Waals surface area contributed by atoms with Gasteiger partial charge in [0, 0.05) is 16.7 Å². The molecule has 28 heavy (non-hydrogen) atoms. The van der Waals surface area contributed by atoms with E-state index < -0.39 is 12.6 Å². The van der Waals surface area contributed by atoms with Crippen LogP contribution in [0.3, 0.4) is 0 Å². The first-order valence-corrected chi connectivity index (χ1v) is 8.50. The molecule has 0 radical (unpaired) electrons. The second-order valence-corrected chi connectivity index (χ2v) is 6.13. The van der Waals surface area contributed by atoms with Crippen LogP contribution in [0.2, 0.25) is 0 Å². The van der Waals surface area contributed by atoms with E-state index in [0.717, 1.165) is 0 Å². The predicted octanol–water partition coefficient (Wildman–Crippen LogP) is 2.01. The lowest BCUT2D eigenvalue weighted by atomic mass is 10.0. The third kappa shape index (κ3) is 3.57. The third-order valence-electron chi connectivity index (χ3n) is 4.29. The van der Waals surface area contributed by atoms with E-state index in [9.17, 15) is 19.5 Å². The van der Waals surface area contributed by atoms with Gasteiger partial charge in [-0.15, -0.1) is 6.58 Å². The van der Waals surface area contributed by atoms with Gasteiger partial charge in [0.1, 0.15) is 6.61 Å². The Morgan fingerprint density at radius 3 is 2.32 bits per heavy atom. The van der Waals surface area contributed by atoms with Gasteiger partial charge in [-0.3, -0.25) is 9.59 Å². The number of methoxy groups -OCH3 is 1.